The molecule has 0 saturated carbocycles. The molecular formula is C12H22N2S. The van der Waals surface area contributed by atoms with Crippen LogP contribution in [0.2, 0.25) is 0 Å². The summed E-state index contributed by atoms with van der Waals surface area (Å²) in [5, 5.41) is 4.71. The van der Waals surface area contributed by atoms with Crippen LogP contribution >= 0.6 is 11.3 Å². The zero-order chi connectivity index (χ0) is 11.5. The summed E-state index contributed by atoms with van der Waals surface area (Å²) in [7, 11) is 0. The molecule has 0 atom stereocenters. The molecule has 2 nitrogen and oxygen atoms in total. The molecule has 0 spiro atoms. The van der Waals surface area contributed by atoms with Crippen LogP contribution in [0.15, 0.2) is 0 Å². The van der Waals surface area contributed by atoms with E-state index in [2.05, 4.69) is 44.9 Å². The third kappa shape index (κ3) is 4.31. The van der Waals surface area contributed by atoms with Crippen LogP contribution in [0, 0.1) is 6.92 Å². The van der Waals surface area contributed by atoms with Crippen LogP contribution < -0.4 is 5.32 Å². The van der Waals surface area contributed by atoms with Gasteiger partial charge in [0.05, 0.1) is 10.7 Å². The Morgan fingerprint density at radius 1 is 1.33 bits per heavy atom. The highest BCUT2D eigenvalue weighted by Crippen LogP contribution is 2.20. The average Bonchev–Trinajstić information content (AvgIpc) is 2.42. The summed E-state index contributed by atoms with van der Waals surface area (Å²) in [6.45, 7) is 11.8. The van der Waals surface area contributed by atoms with Gasteiger partial charge in [-0.2, -0.15) is 0 Å². The number of nitrogens with zero attached hydrogens (tertiary/aromatic N) is 1. The molecule has 15 heavy (non-hydrogen) atoms. The van der Waals surface area contributed by atoms with Gasteiger partial charge in [-0.1, -0.05) is 13.3 Å². The lowest BCUT2D eigenvalue weighted by molar-refractivity contribution is 0.425. The molecule has 0 bridgehead atoms. The van der Waals surface area contributed by atoms with E-state index < -0.39 is 0 Å². The smallest absolute Gasteiger partial charge is 0.0900 e. The number of hydrogen-bond acceptors (Lipinski definition) is 3. The van der Waals surface area contributed by atoms with Crippen molar-refractivity contribution in [1.29, 1.82) is 0 Å². The predicted molar refractivity (Wildman–Crippen MR) is 67.4 cm³/mol. The van der Waals surface area contributed by atoms with Gasteiger partial charge in [0.1, 0.15) is 0 Å². The molecule has 0 radical (unpaired) electrons. The van der Waals surface area contributed by atoms with Gasteiger partial charge >= 0.3 is 0 Å². The van der Waals surface area contributed by atoms with Crippen LogP contribution in [-0.2, 0) is 13.0 Å². The zero-order valence-corrected chi connectivity index (χ0v) is 11.3. The van der Waals surface area contributed by atoms with E-state index in [1.807, 2.05) is 11.3 Å². The van der Waals surface area contributed by atoms with Crippen LogP contribution in [0.4, 0.5) is 0 Å². The fraction of sp³-hybridized carbons (Fsp3) is 0.750. The lowest BCUT2D eigenvalue weighted by Gasteiger charge is -2.20. The Labute approximate surface area is 97.1 Å². The van der Waals surface area contributed by atoms with Gasteiger partial charge in [-0.25, -0.2) is 4.98 Å². The Morgan fingerprint density at radius 2 is 2.00 bits per heavy atom. The van der Waals surface area contributed by atoms with Crippen molar-refractivity contribution < 1.29 is 0 Å². The van der Waals surface area contributed by atoms with E-state index in [0.717, 1.165) is 13.0 Å². The van der Waals surface area contributed by atoms with Crippen molar-refractivity contribution in [3.63, 3.8) is 0 Å². The number of aryl methyl sites for hydroxylation is 2. The standard InChI is InChI=1S/C12H22N2S/c1-6-7-10-11(15-9(2)14-10)8-13-12(3,4)5/h13H,6-8H2,1-5H3. The quantitative estimate of drug-likeness (QED) is 0.852. The highest BCUT2D eigenvalue weighted by atomic mass is 32.1. The molecule has 1 aromatic heterocycles. The summed E-state index contributed by atoms with van der Waals surface area (Å²) < 4.78 is 0. The Hall–Kier alpha value is -0.410. The van der Waals surface area contributed by atoms with Crippen molar-refractivity contribution in [3.05, 3.63) is 15.6 Å². The number of aromatic nitrogens is 1. The molecule has 1 heterocycles. The number of nitrogens with one attached hydrogen (secondary N) is 1. The predicted octanol–water partition coefficient (Wildman–Crippen LogP) is 3.29. The maximum Gasteiger partial charge on any atom is 0.0900 e. The molecule has 0 aliphatic carbocycles. The normalized spacial score (nSPS) is 12.1. The minimum atomic E-state index is 0.182. The van der Waals surface area contributed by atoms with Gasteiger partial charge in [0, 0.05) is 17.0 Å². The van der Waals surface area contributed by atoms with Crippen LogP contribution in [0.1, 0.15) is 49.7 Å². The Morgan fingerprint density at radius 3 is 2.53 bits per heavy atom. The monoisotopic (exact) mass is 226 g/mol. The summed E-state index contributed by atoms with van der Waals surface area (Å²) in [5.41, 5.74) is 1.47. The fourth-order valence-electron chi connectivity index (χ4n) is 1.43. The summed E-state index contributed by atoms with van der Waals surface area (Å²) >= 11 is 1.82. The maximum absolute atomic E-state index is 4.58. The first kappa shape index (κ1) is 12.7. The largest absolute Gasteiger partial charge is 0.307 e. The first-order valence-electron chi connectivity index (χ1n) is 5.62. The summed E-state index contributed by atoms with van der Waals surface area (Å²) in [5.74, 6) is 0. The molecule has 0 unspecified atom stereocenters. The molecule has 0 amide bonds. The fourth-order valence-corrected chi connectivity index (χ4v) is 2.35. The Bertz CT molecular complexity index is 310. The van der Waals surface area contributed by atoms with Crippen LogP contribution in [0.3, 0.4) is 0 Å². The summed E-state index contributed by atoms with van der Waals surface area (Å²) in [4.78, 5) is 5.99. The molecular weight excluding hydrogens is 204 g/mol. The van der Waals surface area contributed by atoms with E-state index in [1.165, 1.54) is 22.0 Å². The highest BCUT2D eigenvalue weighted by molar-refractivity contribution is 7.11. The zero-order valence-electron chi connectivity index (χ0n) is 10.5. The van der Waals surface area contributed by atoms with Gasteiger partial charge in [-0.05, 0) is 34.1 Å². The van der Waals surface area contributed by atoms with E-state index in [0.29, 0.717) is 0 Å². The van der Waals surface area contributed by atoms with Crippen LogP contribution in [0.25, 0.3) is 0 Å². The SMILES string of the molecule is CCCc1nc(C)sc1CNC(C)(C)C. The lowest BCUT2D eigenvalue weighted by Crippen LogP contribution is -2.35. The second-order valence-electron chi connectivity index (χ2n) is 4.96. The maximum atomic E-state index is 4.58. The second kappa shape index (κ2) is 5.08. The van der Waals surface area contributed by atoms with E-state index >= 15 is 0 Å². The molecule has 0 saturated heterocycles. The van der Waals surface area contributed by atoms with Gasteiger partial charge in [0.15, 0.2) is 0 Å². The molecule has 0 fully saturated rings. The lowest BCUT2D eigenvalue weighted by atomic mass is 10.1. The van der Waals surface area contributed by atoms with Crippen LogP contribution in [0.5, 0.6) is 0 Å². The molecule has 0 aromatic carbocycles. The number of hydrogen-bond donors (Lipinski definition) is 1. The number of rotatable bonds is 4. The van der Waals surface area contributed by atoms with E-state index in [1.54, 1.807) is 0 Å². The first-order valence-corrected chi connectivity index (χ1v) is 6.44. The van der Waals surface area contributed by atoms with E-state index in [4.69, 9.17) is 0 Å². The minimum absolute atomic E-state index is 0.182. The average molecular weight is 226 g/mol. The Balaban J connectivity index is 2.67. The van der Waals surface area contributed by atoms with Crippen molar-refractivity contribution in [2.24, 2.45) is 0 Å². The molecule has 1 rings (SSSR count). The van der Waals surface area contributed by atoms with Crippen molar-refractivity contribution in [3.8, 4) is 0 Å². The van der Waals surface area contributed by atoms with Gasteiger partial charge in [-0.3, -0.25) is 0 Å². The van der Waals surface area contributed by atoms with Gasteiger partial charge in [0.25, 0.3) is 0 Å². The summed E-state index contributed by atoms with van der Waals surface area (Å²) in [6, 6.07) is 0. The molecule has 1 N–H and O–H groups in total. The molecule has 0 aliphatic heterocycles. The third-order valence-corrected chi connectivity index (χ3v) is 3.16. The highest BCUT2D eigenvalue weighted by Gasteiger charge is 2.12. The van der Waals surface area contributed by atoms with Gasteiger partial charge in [-0.15, -0.1) is 11.3 Å². The first-order chi connectivity index (χ1) is 6.92. The topological polar surface area (TPSA) is 24.9 Å². The third-order valence-electron chi connectivity index (χ3n) is 2.15. The van der Waals surface area contributed by atoms with Crippen molar-refractivity contribution in [2.45, 2.75) is 59.5 Å². The van der Waals surface area contributed by atoms with Gasteiger partial charge in [0.2, 0.25) is 0 Å². The van der Waals surface area contributed by atoms with Crippen molar-refractivity contribution >= 4 is 11.3 Å². The molecule has 0 aliphatic rings. The summed E-state index contributed by atoms with van der Waals surface area (Å²) in [6.07, 6.45) is 2.27. The van der Waals surface area contributed by atoms with E-state index in [9.17, 15) is 0 Å². The second-order valence-corrected chi connectivity index (χ2v) is 6.24. The molecule has 86 valence electrons. The van der Waals surface area contributed by atoms with E-state index in [-0.39, 0.29) is 5.54 Å². The van der Waals surface area contributed by atoms with Crippen molar-refractivity contribution in [1.82, 2.24) is 10.3 Å². The van der Waals surface area contributed by atoms with Crippen LogP contribution in [-0.4, -0.2) is 10.5 Å². The van der Waals surface area contributed by atoms with Gasteiger partial charge < -0.3 is 5.32 Å². The van der Waals surface area contributed by atoms with Crippen molar-refractivity contribution in [2.75, 3.05) is 0 Å². The molecule has 3 heteroatoms. The Kier molecular flexibility index (Phi) is 4.29. The number of thiazole rings is 1. The molecule has 1 aromatic rings. The minimum Gasteiger partial charge on any atom is -0.307 e.